The number of rotatable bonds is 2. The standard InChI is InChI=1S/C21H18BrN3/c1-12-9-13(2)19(14(3)10-12)25-21-17-15-7-5-4-6-8-16(15)18(22)20(17)23-11-24-21/h4-11H,1-3H3,(H,23,24,25). The number of hydrogen-bond acceptors (Lipinski definition) is 3. The van der Waals surface area contributed by atoms with Crippen LogP contribution < -0.4 is 5.32 Å². The van der Waals surface area contributed by atoms with Crippen LogP contribution in [0.3, 0.4) is 0 Å². The van der Waals surface area contributed by atoms with Crippen molar-refractivity contribution < 1.29 is 0 Å². The van der Waals surface area contributed by atoms with Crippen LogP contribution in [0, 0.1) is 20.8 Å². The molecule has 25 heavy (non-hydrogen) atoms. The molecule has 3 nitrogen and oxygen atoms in total. The molecule has 0 saturated heterocycles. The normalized spacial score (nSPS) is 11.2. The Morgan fingerprint density at radius 3 is 2.28 bits per heavy atom. The van der Waals surface area contributed by atoms with E-state index in [0.717, 1.165) is 38.0 Å². The molecular weight excluding hydrogens is 374 g/mol. The number of aromatic nitrogens is 2. The van der Waals surface area contributed by atoms with Crippen molar-refractivity contribution in [3.8, 4) is 11.1 Å². The van der Waals surface area contributed by atoms with E-state index in [1.165, 1.54) is 16.7 Å². The third-order valence-electron chi connectivity index (χ3n) is 4.52. The van der Waals surface area contributed by atoms with E-state index in [0.29, 0.717) is 0 Å². The second-order valence-electron chi connectivity index (χ2n) is 6.40. The summed E-state index contributed by atoms with van der Waals surface area (Å²) in [5, 5.41) is 4.60. The van der Waals surface area contributed by atoms with E-state index in [9.17, 15) is 0 Å². The van der Waals surface area contributed by atoms with E-state index in [2.05, 4.69) is 76.3 Å². The fourth-order valence-electron chi connectivity index (χ4n) is 3.48. The highest BCUT2D eigenvalue weighted by molar-refractivity contribution is 9.10. The van der Waals surface area contributed by atoms with Gasteiger partial charge >= 0.3 is 0 Å². The highest BCUT2D eigenvalue weighted by Crippen LogP contribution is 2.44. The molecule has 0 atom stereocenters. The first-order chi connectivity index (χ1) is 12.1. The van der Waals surface area contributed by atoms with E-state index in [4.69, 9.17) is 0 Å². The molecule has 2 aromatic rings. The van der Waals surface area contributed by atoms with Crippen molar-refractivity contribution in [2.45, 2.75) is 20.8 Å². The summed E-state index contributed by atoms with van der Waals surface area (Å²) in [7, 11) is 0. The smallest absolute Gasteiger partial charge is 0.142 e. The molecule has 0 saturated carbocycles. The molecule has 0 fully saturated rings. The van der Waals surface area contributed by atoms with Crippen molar-refractivity contribution in [1.82, 2.24) is 9.97 Å². The minimum atomic E-state index is 0.835. The lowest BCUT2D eigenvalue weighted by atomic mass is 10.0. The van der Waals surface area contributed by atoms with Crippen molar-refractivity contribution >= 4 is 38.3 Å². The van der Waals surface area contributed by atoms with E-state index in [1.807, 2.05) is 18.2 Å². The zero-order valence-electron chi connectivity index (χ0n) is 14.4. The number of fused-ring (bicyclic) bond motifs is 3. The lowest BCUT2D eigenvalue weighted by molar-refractivity contribution is 1.21. The van der Waals surface area contributed by atoms with Crippen LogP contribution >= 0.6 is 15.9 Å². The van der Waals surface area contributed by atoms with Crippen molar-refractivity contribution in [3.05, 3.63) is 70.0 Å². The van der Waals surface area contributed by atoms with Crippen LogP contribution in [0.15, 0.2) is 53.3 Å². The first kappa shape index (κ1) is 16.0. The maximum Gasteiger partial charge on any atom is 0.142 e. The Morgan fingerprint density at radius 2 is 1.56 bits per heavy atom. The van der Waals surface area contributed by atoms with Crippen LogP contribution in [-0.4, -0.2) is 9.97 Å². The van der Waals surface area contributed by atoms with Gasteiger partial charge in [-0.15, -0.1) is 0 Å². The zero-order chi connectivity index (χ0) is 17.6. The minimum absolute atomic E-state index is 0.835. The van der Waals surface area contributed by atoms with E-state index in [1.54, 1.807) is 6.33 Å². The number of hydrogen-bond donors (Lipinski definition) is 1. The fourth-order valence-corrected chi connectivity index (χ4v) is 4.13. The second kappa shape index (κ2) is 6.12. The van der Waals surface area contributed by atoms with Crippen LogP contribution in [0.2, 0.25) is 0 Å². The minimum Gasteiger partial charge on any atom is -0.339 e. The molecule has 0 spiro atoms. The number of aryl methyl sites for hydroxylation is 3. The highest BCUT2D eigenvalue weighted by Gasteiger charge is 2.20. The van der Waals surface area contributed by atoms with Gasteiger partial charge in [0.15, 0.2) is 0 Å². The maximum absolute atomic E-state index is 4.55. The first-order valence-electron chi connectivity index (χ1n) is 8.22. The molecule has 1 N–H and O–H groups in total. The van der Waals surface area contributed by atoms with Crippen LogP contribution in [0.25, 0.3) is 22.0 Å². The van der Waals surface area contributed by atoms with Gasteiger partial charge in [-0.1, -0.05) is 48.0 Å². The molecular formula is C21H18BrN3. The molecule has 0 unspecified atom stereocenters. The fraction of sp³-hybridized carbons (Fsp3) is 0.143. The Morgan fingerprint density at radius 1 is 0.880 bits per heavy atom. The van der Waals surface area contributed by atoms with Gasteiger partial charge in [0.2, 0.25) is 0 Å². The molecule has 0 aliphatic heterocycles. The van der Waals surface area contributed by atoms with Crippen LogP contribution in [0.5, 0.6) is 0 Å². The number of anilines is 2. The summed E-state index contributed by atoms with van der Waals surface area (Å²) in [6, 6.07) is 14.7. The summed E-state index contributed by atoms with van der Waals surface area (Å²) >= 11 is 3.71. The Balaban J connectivity index is 1.96. The second-order valence-corrected chi connectivity index (χ2v) is 7.19. The van der Waals surface area contributed by atoms with Gasteiger partial charge in [-0.3, -0.25) is 0 Å². The molecule has 1 aromatic carbocycles. The van der Waals surface area contributed by atoms with Crippen molar-refractivity contribution in [1.29, 1.82) is 0 Å². The summed E-state index contributed by atoms with van der Waals surface area (Å²) in [4.78, 5) is 9.05. The summed E-state index contributed by atoms with van der Waals surface area (Å²) in [5.74, 6) is 0.835. The molecule has 0 bridgehead atoms. The SMILES string of the molecule is Cc1cc(C)c(Nc2ncnc3c(Br)c4cccccc-4c23)c(C)c1. The third kappa shape index (κ3) is 2.67. The maximum atomic E-state index is 4.55. The number of nitrogens with zero attached hydrogens (tertiary/aromatic N) is 2. The summed E-state index contributed by atoms with van der Waals surface area (Å²) in [6.45, 7) is 6.37. The molecule has 0 amide bonds. The summed E-state index contributed by atoms with van der Waals surface area (Å²) in [6.07, 6.45) is 1.62. The highest BCUT2D eigenvalue weighted by atomic mass is 79.9. The van der Waals surface area contributed by atoms with E-state index in [-0.39, 0.29) is 0 Å². The molecule has 0 radical (unpaired) electrons. The third-order valence-corrected chi connectivity index (χ3v) is 5.32. The molecule has 1 heterocycles. The predicted octanol–water partition coefficient (Wildman–Crippen LogP) is 6.17. The molecule has 124 valence electrons. The monoisotopic (exact) mass is 391 g/mol. The molecule has 4 heteroatoms. The van der Waals surface area contributed by atoms with Crippen LogP contribution in [0.4, 0.5) is 11.5 Å². The predicted molar refractivity (Wildman–Crippen MR) is 108 cm³/mol. The summed E-state index contributed by atoms with van der Waals surface area (Å²) in [5.41, 5.74) is 8.01. The molecule has 2 aliphatic carbocycles. The molecule has 2 aliphatic rings. The quantitative estimate of drug-likeness (QED) is 0.444. The average molecular weight is 392 g/mol. The van der Waals surface area contributed by atoms with Gasteiger partial charge in [-0.2, -0.15) is 0 Å². The van der Waals surface area contributed by atoms with Gasteiger partial charge in [0.25, 0.3) is 0 Å². The van der Waals surface area contributed by atoms with Crippen molar-refractivity contribution in [2.75, 3.05) is 5.32 Å². The van der Waals surface area contributed by atoms with Gasteiger partial charge in [0.05, 0.1) is 15.4 Å². The van der Waals surface area contributed by atoms with Crippen LogP contribution in [0.1, 0.15) is 16.7 Å². The van der Waals surface area contributed by atoms with E-state index < -0.39 is 0 Å². The summed E-state index contributed by atoms with van der Waals surface area (Å²) < 4.78 is 1.01. The lowest BCUT2D eigenvalue weighted by Gasteiger charge is -2.14. The van der Waals surface area contributed by atoms with E-state index >= 15 is 0 Å². The van der Waals surface area contributed by atoms with Gasteiger partial charge < -0.3 is 5.32 Å². The van der Waals surface area contributed by atoms with Gasteiger partial charge in [-0.05, 0) is 59.0 Å². The lowest BCUT2D eigenvalue weighted by Crippen LogP contribution is -2.00. The first-order valence-corrected chi connectivity index (χ1v) is 9.01. The Kier molecular flexibility index (Phi) is 3.92. The molecule has 4 rings (SSSR count). The Bertz CT molecular complexity index is 1050. The largest absolute Gasteiger partial charge is 0.339 e. The van der Waals surface area contributed by atoms with Crippen molar-refractivity contribution in [2.24, 2.45) is 0 Å². The van der Waals surface area contributed by atoms with Crippen molar-refractivity contribution in [3.63, 3.8) is 0 Å². The van der Waals surface area contributed by atoms with Gasteiger partial charge in [0, 0.05) is 5.69 Å². The number of benzene rings is 1. The number of halogens is 1. The zero-order valence-corrected chi connectivity index (χ0v) is 16.0. The Hall–Kier alpha value is -2.46. The number of nitrogens with one attached hydrogen (secondary N) is 1. The van der Waals surface area contributed by atoms with Gasteiger partial charge in [-0.25, -0.2) is 9.97 Å². The topological polar surface area (TPSA) is 37.8 Å². The van der Waals surface area contributed by atoms with Gasteiger partial charge in [0.1, 0.15) is 12.1 Å². The molecule has 1 aromatic heterocycles. The Labute approximate surface area is 155 Å². The average Bonchev–Trinajstić information content (AvgIpc) is 2.74. The van der Waals surface area contributed by atoms with Crippen LogP contribution in [-0.2, 0) is 0 Å².